The lowest BCUT2D eigenvalue weighted by Gasteiger charge is -2.07. The Morgan fingerprint density at radius 2 is 1.73 bits per heavy atom. The molecule has 2 rings (SSSR count). The topological polar surface area (TPSA) is 58.2 Å². The number of benzene rings is 2. The minimum absolute atomic E-state index is 0.0820. The number of amides is 2. The molecule has 0 unspecified atom stereocenters. The van der Waals surface area contributed by atoms with Gasteiger partial charge in [0.15, 0.2) is 0 Å². The van der Waals surface area contributed by atoms with Crippen LogP contribution in [0.5, 0.6) is 0 Å². The normalized spacial score (nSPS) is 10.4. The van der Waals surface area contributed by atoms with Gasteiger partial charge in [-0.3, -0.25) is 9.59 Å². The van der Waals surface area contributed by atoms with Crippen LogP contribution < -0.4 is 10.6 Å². The zero-order valence-corrected chi connectivity index (χ0v) is 15.0. The molecule has 26 heavy (non-hydrogen) atoms. The summed E-state index contributed by atoms with van der Waals surface area (Å²) in [6.45, 7) is 0.621. The van der Waals surface area contributed by atoms with Crippen molar-refractivity contribution in [1.29, 1.82) is 0 Å². The number of hydrogen-bond donors (Lipinski definition) is 2. The van der Waals surface area contributed by atoms with Crippen LogP contribution in [0, 0.1) is 11.6 Å². The summed E-state index contributed by atoms with van der Waals surface area (Å²) in [5, 5.41) is 5.21. The fourth-order valence-corrected chi connectivity index (χ4v) is 2.99. The average Bonchev–Trinajstić information content (AvgIpc) is 2.62. The maximum absolute atomic E-state index is 13.5. The molecule has 0 aliphatic heterocycles. The summed E-state index contributed by atoms with van der Waals surface area (Å²) in [4.78, 5) is 23.5. The molecular formula is C19H20F2N2O2S. The van der Waals surface area contributed by atoms with Gasteiger partial charge in [0.25, 0.3) is 5.91 Å². The Morgan fingerprint density at radius 3 is 2.46 bits per heavy atom. The zero-order chi connectivity index (χ0) is 18.8. The third-order valence-corrected chi connectivity index (χ3v) is 4.52. The van der Waals surface area contributed by atoms with Gasteiger partial charge in [-0.1, -0.05) is 30.3 Å². The molecule has 0 aliphatic rings. The van der Waals surface area contributed by atoms with E-state index in [0.717, 1.165) is 23.6 Å². The molecular weight excluding hydrogens is 358 g/mol. The van der Waals surface area contributed by atoms with E-state index in [9.17, 15) is 18.4 Å². The van der Waals surface area contributed by atoms with Crippen LogP contribution in [0.1, 0.15) is 22.3 Å². The number of nitrogens with one attached hydrogen (secondary N) is 2. The number of rotatable bonds is 9. The molecule has 2 aromatic carbocycles. The Hall–Kier alpha value is -2.41. The summed E-state index contributed by atoms with van der Waals surface area (Å²) in [5.41, 5.74) is 0.990. The second kappa shape index (κ2) is 10.6. The van der Waals surface area contributed by atoms with Crippen LogP contribution in [0.15, 0.2) is 48.5 Å². The third kappa shape index (κ3) is 6.84. The fraction of sp³-hybridized carbons (Fsp3) is 0.263. The van der Waals surface area contributed by atoms with Crippen molar-refractivity contribution in [3.05, 3.63) is 71.3 Å². The molecule has 4 nitrogen and oxygen atoms in total. The first-order valence-corrected chi connectivity index (χ1v) is 9.33. The highest BCUT2D eigenvalue weighted by molar-refractivity contribution is 7.98. The molecule has 2 aromatic rings. The van der Waals surface area contributed by atoms with Crippen LogP contribution in [0.2, 0.25) is 0 Å². The molecule has 0 heterocycles. The van der Waals surface area contributed by atoms with Crippen LogP contribution >= 0.6 is 11.8 Å². The van der Waals surface area contributed by atoms with E-state index in [-0.39, 0.29) is 24.4 Å². The number of carbonyl (C=O) groups excluding carboxylic acids is 2. The molecule has 0 fully saturated rings. The Balaban J connectivity index is 1.58. The minimum Gasteiger partial charge on any atom is -0.355 e. The highest BCUT2D eigenvalue weighted by Crippen LogP contribution is 2.11. The first kappa shape index (κ1) is 19.9. The van der Waals surface area contributed by atoms with Crippen molar-refractivity contribution in [3.63, 3.8) is 0 Å². The van der Waals surface area contributed by atoms with Gasteiger partial charge in [-0.25, -0.2) is 8.78 Å². The second-order valence-corrected chi connectivity index (χ2v) is 6.62. The van der Waals surface area contributed by atoms with Gasteiger partial charge in [-0.15, -0.1) is 0 Å². The molecule has 0 atom stereocenters. The third-order valence-electron chi connectivity index (χ3n) is 3.49. The summed E-state index contributed by atoms with van der Waals surface area (Å²) < 4.78 is 26.3. The van der Waals surface area contributed by atoms with Crippen molar-refractivity contribution < 1.29 is 18.4 Å². The van der Waals surface area contributed by atoms with Crippen molar-refractivity contribution >= 4 is 23.6 Å². The van der Waals surface area contributed by atoms with E-state index in [1.165, 1.54) is 5.56 Å². The molecule has 0 radical (unpaired) electrons. The fourth-order valence-electron chi connectivity index (χ4n) is 2.17. The SMILES string of the molecule is O=C(CCNC(=O)c1ccc(F)cc1F)NCCSCc1ccccc1. The predicted molar refractivity (Wildman–Crippen MR) is 98.9 cm³/mol. The molecule has 0 aliphatic carbocycles. The molecule has 2 N–H and O–H groups in total. The number of thioether (sulfide) groups is 1. The van der Waals surface area contributed by atoms with Crippen LogP contribution in [0.4, 0.5) is 8.78 Å². The molecule has 0 bridgehead atoms. The van der Waals surface area contributed by atoms with Crippen LogP contribution in [0.3, 0.4) is 0 Å². The molecule has 138 valence electrons. The summed E-state index contributed by atoms with van der Waals surface area (Å²) >= 11 is 1.72. The van der Waals surface area contributed by atoms with E-state index < -0.39 is 17.5 Å². The predicted octanol–water partition coefficient (Wildman–Crippen LogP) is 3.13. The van der Waals surface area contributed by atoms with Gasteiger partial charge in [-0.05, 0) is 17.7 Å². The first-order chi connectivity index (χ1) is 12.6. The van der Waals surface area contributed by atoms with Gasteiger partial charge in [0.05, 0.1) is 5.56 Å². The van der Waals surface area contributed by atoms with Gasteiger partial charge in [0.1, 0.15) is 11.6 Å². The molecule has 0 saturated heterocycles. The summed E-state index contributed by atoms with van der Waals surface area (Å²) in [6.07, 6.45) is 0.0951. The quantitative estimate of drug-likeness (QED) is 0.659. The Kier molecular flexibility index (Phi) is 8.08. The molecule has 0 saturated carbocycles. The molecule has 0 aromatic heterocycles. The highest BCUT2D eigenvalue weighted by atomic mass is 32.2. The zero-order valence-electron chi connectivity index (χ0n) is 14.1. The van der Waals surface area contributed by atoms with Gasteiger partial charge in [-0.2, -0.15) is 11.8 Å². The van der Waals surface area contributed by atoms with Crippen molar-refractivity contribution in [2.45, 2.75) is 12.2 Å². The Bertz CT molecular complexity index is 742. The van der Waals surface area contributed by atoms with E-state index in [0.29, 0.717) is 12.6 Å². The molecule has 7 heteroatoms. The second-order valence-electron chi connectivity index (χ2n) is 5.52. The lowest BCUT2D eigenvalue weighted by Crippen LogP contribution is -2.32. The van der Waals surface area contributed by atoms with Crippen LogP contribution in [0.25, 0.3) is 0 Å². The smallest absolute Gasteiger partial charge is 0.254 e. The summed E-state index contributed by atoms with van der Waals surface area (Å²) in [7, 11) is 0. The lowest BCUT2D eigenvalue weighted by molar-refractivity contribution is -0.120. The number of hydrogen-bond acceptors (Lipinski definition) is 3. The first-order valence-electron chi connectivity index (χ1n) is 8.18. The maximum atomic E-state index is 13.5. The average molecular weight is 378 g/mol. The monoisotopic (exact) mass is 378 g/mol. The van der Waals surface area contributed by atoms with E-state index in [1.54, 1.807) is 11.8 Å². The van der Waals surface area contributed by atoms with Gasteiger partial charge < -0.3 is 10.6 Å². The largest absolute Gasteiger partial charge is 0.355 e. The number of halogens is 2. The van der Waals surface area contributed by atoms with Crippen LogP contribution in [-0.4, -0.2) is 30.7 Å². The van der Waals surface area contributed by atoms with E-state index in [4.69, 9.17) is 0 Å². The van der Waals surface area contributed by atoms with Crippen molar-refractivity contribution in [3.8, 4) is 0 Å². The molecule has 0 spiro atoms. The summed E-state index contributed by atoms with van der Waals surface area (Å²) in [6, 6.07) is 12.8. The van der Waals surface area contributed by atoms with E-state index >= 15 is 0 Å². The Labute approximate surface area is 155 Å². The van der Waals surface area contributed by atoms with Crippen molar-refractivity contribution in [1.82, 2.24) is 10.6 Å². The minimum atomic E-state index is -0.928. The summed E-state index contributed by atoms with van der Waals surface area (Å²) in [5.74, 6) is -0.867. The molecule has 2 amide bonds. The van der Waals surface area contributed by atoms with Gasteiger partial charge in [0.2, 0.25) is 5.91 Å². The van der Waals surface area contributed by atoms with Crippen LogP contribution in [-0.2, 0) is 10.5 Å². The Morgan fingerprint density at radius 1 is 0.962 bits per heavy atom. The van der Waals surface area contributed by atoms with Crippen molar-refractivity contribution in [2.75, 3.05) is 18.8 Å². The maximum Gasteiger partial charge on any atom is 0.254 e. The lowest BCUT2D eigenvalue weighted by atomic mass is 10.2. The van der Waals surface area contributed by atoms with Gasteiger partial charge in [0, 0.05) is 37.1 Å². The van der Waals surface area contributed by atoms with Gasteiger partial charge >= 0.3 is 0 Å². The standard InChI is InChI=1S/C19H20F2N2O2S/c20-15-6-7-16(17(21)12-15)19(25)23-9-8-18(24)22-10-11-26-13-14-4-2-1-3-5-14/h1-7,12H,8-11,13H2,(H,22,24)(H,23,25). The highest BCUT2D eigenvalue weighted by Gasteiger charge is 2.12. The number of carbonyl (C=O) groups is 2. The van der Waals surface area contributed by atoms with Crippen molar-refractivity contribution in [2.24, 2.45) is 0 Å². The van der Waals surface area contributed by atoms with E-state index in [1.807, 2.05) is 18.2 Å². The van der Waals surface area contributed by atoms with E-state index in [2.05, 4.69) is 22.8 Å².